The number of imidazole rings is 1. The van der Waals surface area contributed by atoms with Crippen LogP contribution >= 0.6 is 11.3 Å². The number of nitrogens with zero attached hydrogens (tertiary/aromatic N) is 4. The summed E-state index contributed by atoms with van der Waals surface area (Å²) in [5.74, 6) is 0.517. The number of rotatable bonds is 3. The van der Waals surface area contributed by atoms with E-state index in [-0.39, 0.29) is 16.8 Å². The van der Waals surface area contributed by atoms with Gasteiger partial charge in [0, 0.05) is 11.9 Å². The molecule has 2 aromatic heterocycles. The number of anilines is 1. The first kappa shape index (κ1) is 12.4. The highest BCUT2D eigenvalue weighted by Crippen LogP contribution is 2.33. The Hall–Kier alpha value is -1.67. The number of ether oxygens (including phenoxy) is 1. The van der Waals surface area contributed by atoms with Crippen molar-refractivity contribution in [2.75, 3.05) is 24.7 Å². The van der Waals surface area contributed by atoms with Crippen molar-refractivity contribution < 1.29 is 9.66 Å². The molecule has 1 fully saturated rings. The fraction of sp³-hybridized carbons (Fsp3) is 0.545. The lowest BCUT2D eigenvalue weighted by Gasteiger charge is -2.34. The van der Waals surface area contributed by atoms with Crippen molar-refractivity contribution in [3.05, 3.63) is 21.7 Å². The van der Waals surface area contributed by atoms with Gasteiger partial charge in [-0.3, -0.25) is 0 Å². The Bertz CT molecular complexity index is 608. The lowest BCUT2D eigenvalue weighted by molar-refractivity contribution is -0.389. The third-order valence-corrected chi connectivity index (χ3v) is 4.12. The SMILES string of the molecule is CCC1COCCN1c1nc2sccn2c1[N+](=O)[O-]. The monoisotopic (exact) mass is 282 g/mol. The minimum absolute atomic E-state index is 0.0524. The second-order valence-corrected chi connectivity index (χ2v) is 5.28. The summed E-state index contributed by atoms with van der Waals surface area (Å²) >= 11 is 1.40. The molecule has 8 heteroatoms. The minimum atomic E-state index is -0.357. The van der Waals surface area contributed by atoms with Gasteiger partial charge in [-0.2, -0.15) is 9.38 Å². The van der Waals surface area contributed by atoms with E-state index in [1.807, 2.05) is 4.90 Å². The van der Waals surface area contributed by atoms with Gasteiger partial charge in [0.05, 0.1) is 19.3 Å². The van der Waals surface area contributed by atoms with Crippen molar-refractivity contribution in [3.63, 3.8) is 0 Å². The number of hydrogen-bond donors (Lipinski definition) is 0. The maximum Gasteiger partial charge on any atom is 0.373 e. The Kier molecular flexibility index (Phi) is 3.11. The molecule has 19 heavy (non-hydrogen) atoms. The Morgan fingerprint density at radius 1 is 1.68 bits per heavy atom. The molecule has 1 atom stereocenters. The molecule has 1 aliphatic rings. The number of thiazole rings is 1. The van der Waals surface area contributed by atoms with Gasteiger partial charge < -0.3 is 19.8 Å². The number of morpholine rings is 1. The predicted octanol–water partition coefficient (Wildman–Crippen LogP) is 1.92. The highest BCUT2D eigenvalue weighted by atomic mass is 32.1. The molecule has 102 valence electrons. The van der Waals surface area contributed by atoms with Crippen LogP contribution in [0.1, 0.15) is 13.3 Å². The molecule has 1 saturated heterocycles. The second-order valence-electron chi connectivity index (χ2n) is 4.40. The molecule has 7 nitrogen and oxygen atoms in total. The van der Waals surface area contributed by atoms with E-state index in [1.54, 1.807) is 16.0 Å². The van der Waals surface area contributed by atoms with Crippen molar-refractivity contribution in [2.24, 2.45) is 0 Å². The Morgan fingerprint density at radius 2 is 2.53 bits per heavy atom. The first-order chi connectivity index (χ1) is 9.22. The molecule has 0 bridgehead atoms. The van der Waals surface area contributed by atoms with Gasteiger partial charge >= 0.3 is 5.82 Å². The largest absolute Gasteiger partial charge is 0.377 e. The lowest BCUT2D eigenvalue weighted by Crippen LogP contribution is -2.45. The molecule has 0 amide bonds. The first-order valence-electron chi connectivity index (χ1n) is 6.16. The third-order valence-electron chi connectivity index (χ3n) is 3.36. The lowest BCUT2D eigenvalue weighted by atomic mass is 10.2. The molecule has 2 aromatic rings. The van der Waals surface area contributed by atoms with Gasteiger partial charge in [-0.25, -0.2) is 0 Å². The number of aromatic nitrogens is 2. The van der Waals surface area contributed by atoms with Crippen LogP contribution in [0.3, 0.4) is 0 Å². The first-order valence-corrected chi connectivity index (χ1v) is 7.04. The fourth-order valence-electron chi connectivity index (χ4n) is 2.40. The molecule has 0 aromatic carbocycles. The van der Waals surface area contributed by atoms with E-state index in [1.165, 1.54) is 11.3 Å². The van der Waals surface area contributed by atoms with Crippen molar-refractivity contribution in [2.45, 2.75) is 19.4 Å². The molecular formula is C11H14N4O3S. The van der Waals surface area contributed by atoms with Crippen LogP contribution in [-0.4, -0.2) is 40.1 Å². The zero-order valence-electron chi connectivity index (χ0n) is 10.5. The second kappa shape index (κ2) is 4.78. The van der Waals surface area contributed by atoms with Crippen LogP contribution < -0.4 is 4.90 Å². The van der Waals surface area contributed by atoms with Gasteiger partial charge in [0.15, 0.2) is 0 Å². The smallest absolute Gasteiger partial charge is 0.373 e. The minimum Gasteiger partial charge on any atom is -0.377 e. The van der Waals surface area contributed by atoms with Gasteiger partial charge in [-0.1, -0.05) is 18.3 Å². The van der Waals surface area contributed by atoms with E-state index >= 15 is 0 Å². The topological polar surface area (TPSA) is 72.9 Å². The summed E-state index contributed by atoms with van der Waals surface area (Å²) in [7, 11) is 0. The van der Waals surface area contributed by atoms with Gasteiger partial charge in [0.25, 0.3) is 4.96 Å². The van der Waals surface area contributed by atoms with Crippen molar-refractivity contribution >= 4 is 27.9 Å². The molecular weight excluding hydrogens is 268 g/mol. The van der Waals surface area contributed by atoms with E-state index < -0.39 is 0 Å². The van der Waals surface area contributed by atoms with Gasteiger partial charge in [0.1, 0.15) is 6.20 Å². The standard InChI is InChI=1S/C11H14N4O3S/c1-2-8-7-18-5-3-13(8)9-10(15(16)17)14-4-6-19-11(14)12-9/h4,6,8H,2-3,5,7H2,1H3. The van der Waals surface area contributed by atoms with E-state index in [2.05, 4.69) is 11.9 Å². The van der Waals surface area contributed by atoms with Crippen molar-refractivity contribution in [3.8, 4) is 0 Å². The summed E-state index contributed by atoms with van der Waals surface area (Å²) in [6.45, 7) is 3.87. The Balaban J connectivity index is 2.10. The summed E-state index contributed by atoms with van der Waals surface area (Å²) in [4.78, 5) is 18.0. The molecule has 0 spiro atoms. The van der Waals surface area contributed by atoms with E-state index in [9.17, 15) is 10.1 Å². The van der Waals surface area contributed by atoms with Crippen LogP contribution in [0.2, 0.25) is 0 Å². The van der Waals surface area contributed by atoms with Crippen LogP contribution in [0.4, 0.5) is 11.6 Å². The molecule has 3 rings (SSSR count). The van der Waals surface area contributed by atoms with E-state index in [0.717, 1.165) is 6.42 Å². The van der Waals surface area contributed by atoms with Gasteiger partial charge in [-0.05, 0) is 11.3 Å². The highest BCUT2D eigenvalue weighted by molar-refractivity contribution is 7.15. The summed E-state index contributed by atoms with van der Waals surface area (Å²) in [5.41, 5.74) is 0. The molecule has 3 heterocycles. The maximum absolute atomic E-state index is 11.3. The molecule has 0 radical (unpaired) electrons. The van der Waals surface area contributed by atoms with Crippen LogP contribution in [-0.2, 0) is 4.74 Å². The number of nitro groups is 1. The summed E-state index contributed by atoms with van der Waals surface area (Å²) in [5, 5.41) is 13.1. The average Bonchev–Trinajstić information content (AvgIpc) is 2.97. The molecule has 0 N–H and O–H groups in total. The van der Waals surface area contributed by atoms with Gasteiger partial charge in [-0.15, -0.1) is 0 Å². The Morgan fingerprint density at radius 3 is 3.26 bits per heavy atom. The molecule has 0 saturated carbocycles. The number of hydrogen-bond acceptors (Lipinski definition) is 6. The van der Waals surface area contributed by atoms with Gasteiger partial charge in [0.2, 0.25) is 5.82 Å². The highest BCUT2D eigenvalue weighted by Gasteiger charge is 2.32. The zero-order chi connectivity index (χ0) is 13.4. The molecule has 1 aliphatic heterocycles. The Labute approximate surface area is 113 Å². The summed E-state index contributed by atoms with van der Waals surface area (Å²) < 4.78 is 6.98. The van der Waals surface area contributed by atoms with Crippen LogP contribution in [0.5, 0.6) is 0 Å². The van der Waals surface area contributed by atoms with E-state index in [4.69, 9.17) is 4.74 Å². The van der Waals surface area contributed by atoms with E-state index in [0.29, 0.717) is 30.5 Å². The zero-order valence-corrected chi connectivity index (χ0v) is 11.3. The maximum atomic E-state index is 11.3. The van der Waals surface area contributed by atoms with Crippen LogP contribution in [0.15, 0.2) is 11.6 Å². The number of fused-ring (bicyclic) bond motifs is 1. The van der Waals surface area contributed by atoms with Crippen LogP contribution in [0, 0.1) is 10.1 Å². The fourth-order valence-corrected chi connectivity index (χ4v) is 3.10. The average molecular weight is 282 g/mol. The third kappa shape index (κ3) is 1.96. The summed E-state index contributed by atoms with van der Waals surface area (Å²) in [6, 6.07) is 0.150. The quantitative estimate of drug-likeness (QED) is 0.635. The molecule has 1 unspecified atom stereocenters. The van der Waals surface area contributed by atoms with Crippen LogP contribution in [0.25, 0.3) is 4.96 Å². The van der Waals surface area contributed by atoms with Crippen molar-refractivity contribution in [1.29, 1.82) is 0 Å². The normalized spacial score (nSPS) is 20.1. The van der Waals surface area contributed by atoms with Crippen molar-refractivity contribution in [1.82, 2.24) is 9.38 Å². The predicted molar refractivity (Wildman–Crippen MR) is 72.0 cm³/mol. The molecule has 0 aliphatic carbocycles. The summed E-state index contributed by atoms with van der Waals surface area (Å²) in [6.07, 6.45) is 2.57.